The molecule has 1 aliphatic heterocycles. The third-order valence-electron chi connectivity index (χ3n) is 4.08. The fourth-order valence-corrected chi connectivity index (χ4v) is 2.90. The summed E-state index contributed by atoms with van der Waals surface area (Å²) in [6.07, 6.45) is 13.0. The predicted molar refractivity (Wildman–Crippen MR) is 81.8 cm³/mol. The highest BCUT2D eigenvalue weighted by atomic mass is 16.5. The van der Waals surface area contributed by atoms with Crippen LogP contribution >= 0.6 is 0 Å². The molecule has 1 fully saturated rings. The van der Waals surface area contributed by atoms with E-state index >= 15 is 0 Å². The van der Waals surface area contributed by atoms with Crippen LogP contribution in [0.3, 0.4) is 0 Å². The maximum Gasteiger partial charge on any atom is 0.0576 e. The van der Waals surface area contributed by atoms with Crippen LogP contribution in [0.2, 0.25) is 0 Å². The minimum atomic E-state index is 0.513. The van der Waals surface area contributed by atoms with Crippen LogP contribution in [0.1, 0.15) is 51.0 Å². The molecule has 1 aromatic rings. The van der Waals surface area contributed by atoms with Gasteiger partial charge in [0.15, 0.2) is 0 Å². The van der Waals surface area contributed by atoms with E-state index in [1.165, 1.54) is 44.1 Å². The van der Waals surface area contributed by atoms with E-state index in [0.29, 0.717) is 12.1 Å². The predicted octanol–water partition coefficient (Wildman–Crippen LogP) is 2.68. The zero-order valence-corrected chi connectivity index (χ0v) is 13.0. The Morgan fingerprint density at radius 3 is 3.05 bits per heavy atom. The number of rotatable bonds is 9. The zero-order valence-electron chi connectivity index (χ0n) is 13.0. The lowest BCUT2D eigenvalue weighted by Crippen LogP contribution is -2.31. The summed E-state index contributed by atoms with van der Waals surface area (Å²) < 4.78 is 7.62. The van der Waals surface area contributed by atoms with Gasteiger partial charge in [-0.2, -0.15) is 5.10 Å². The molecule has 0 aromatic carbocycles. The van der Waals surface area contributed by atoms with Gasteiger partial charge in [-0.3, -0.25) is 4.68 Å². The van der Waals surface area contributed by atoms with Gasteiger partial charge in [0.1, 0.15) is 0 Å². The molecule has 2 rings (SSSR count). The van der Waals surface area contributed by atoms with Crippen LogP contribution < -0.4 is 5.32 Å². The Kier molecular flexibility index (Phi) is 6.54. The lowest BCUT2D eigenvalue weighted by Gasteiger charge is -2.20. The van der Waals surface area contributed by atoms with Crippen LogP contribution in [-0.4, -0.2) is 35.1 Å². The number of ether oxygens (including phenoxy) is 1. The van der Waals surface area contributed by atoms with Crippen LogP contribution in [0.5, 0.6) is 0 Å². The van der Waals surface area contributed by atoms with Crippen molar-refractivity contribution in [3.63, 3.8) is 0 Å². The molecule has 0 radical (unpaired) electrons. The standard InChI is InChI=1S/C16H29N3O/c1-3-10-17-15(8-9-16-5-4-11-20-16)7-6-14-12-18-19(2)13-14/h12-13,15-17H,3-11H2,1-2H3. The molecule has 1 aliphatic rings. The lowest BCUT2D eigenvalue weighted by molar-refractivity contribution is 0.0993. The summed E-state index contributed by atoms with van der Waals surface area (Å²) >= 11 is 0. The number of aryl methyl sites for hydroxylation is 2. The molecule has 2 heterocycles. The summed E-state index contributed by atoms with van der Waals surface area (Å²) in [5.74, 6) is 0. The fourth-order valence-electron chi connectivity index (χ4n) is 2.90. The molecular weight excluding hydrogens is 250 g/mol. The molecule has 4 nitrogen and oxygen atoms in total. The van der Waals surface area contributed by atoms with Gasteiger partial charge in [-0.25, -0.2) is 0 Å². The van der Waals surface area contributed by atoms with Gasteiger partial charge in [0.2, 0.25) is 0 Å². The van der Waals surface area contributed by atoms with Gasteiger partial charge in [0.25, 0.3) is 0 Å². The molecule has 1 saturated heterocycles. The van der Waals surface area contributed by atoms with Gasteiger partial charge in [0.05, 0.1) is 12.3 Å². The average molecular weight is 279 g/mol. The summed E-state index contributed by atoms with van der Waals surface area (Å²) in [5, 5.41) is 7.93. The van der Waals surface area contributed by atoms with Gasteiger partial charge < -0.3 is 10.1 Å². The maximum atomic E-state index is 5.73. The number of hydrogen-bond donors (Lipinski definition) is 1. The first-order valence-electron chi connectivity index (χ1n) is 8.10. The Balaban J connectivity index is 1.73. The first kappa shape index (κ1) is 15.5. The summed E-state index contributed by atoms with van der Waals surface area (Å²) in [7, 11) is 1.98. The summed E-state index contributed by atoms with van der Waals surface area (Å²) in [5.41, 5.74) is 1.34. The Hall–Kier alpha value is -0.870. The van der Waals surface area contributed by atoms with Crippen LogP contribution in [0, 0.1) is 0 Å². The number of aromatic nitrogens is 2. The van der Waals surface area contributed by atoms with Crippen molar-refractivity contribution in [2.45, 2.75) is 64.0 Å². The van der Waals surface area contributed by atoms with Crippen LogP contribution in [0.15, 0.2) is 12.4 Å². The molecule has 0 bridgehead atoms. The van der Waals surface area contributed by atoms with Gasteiger partial charge in [-0.05, 0) is 57.1 Å². The normalized spacial score (nSPS) is 20.4. The molecule has 1 aromatic heterocycles. The molecule has 2 unspecified atom stereocenters. The Morgan fingerprint density at radius 2 is 2.40 bits per heavy atom. The molecule has 0 amide bonds. The van der Waals surface area contributed by atoms with E-state index in [1.807, 2.05) is 17.9 Å². The highest BCUT2D eigenvalue weighted by molar-refractivity contribution is 5.04. The van der Waals surface area contributed by atoms with Gasteiger partial charge >= 0.3 is 0 Å². The van der Waals surface area contributed by atoms with Crippen molar-refractivity contribution in [1.29, 1.82) is 0 Å². The van der Waals surface area contributed by atoms with Crippen molar-refractivity contribution in [3.8, 4) is 0 Å². The minimum absolute atomic E-state index is 0.513. The van der Waals surface area contributed by atoms with Gasteiger partial charge in [-0.1, -0.05) is 6.92 Å². The van der Waals surface area contributed by atoms with Crippen LogP contribution in [-0.2, 0) is 18.2 Å². The molecule has 2 atom stereocenters. The van der Waals surface area contributed by atoms with Crippen molar-refractivity contribution in [2.24, 2.45) is 7.05 Å². The minimum Gasteiger partial charge on any atom is -0.378 e. The molecule has 0 saturated carbocycles. The van der Waals surface area contributed by atoms with E-state index in [4.69, 9.17) is 4.74 Å². The largest absolute Gasteiger partial charge is 0.378 e. The fraction of sp³-hybridized carbons (Fsp3) is 0.812. The van der Waals surface area contributed by atoms with E-state index in [0.717, 1.165) is 19.6 Å². The van der Waals surface area contributed by atoms with Crippen LogP contribution in [0.25, 0.3) is 0 Å². The first-order chi connectivity index (χ1) is 9.78. The monoisotopic (exact) mass is 279 g/mol. The second-order valence-corrected chi connectivity index (χ2v) is 5.92. The SMILES string of the molecule is CCCNC(CCc1cnn(C)c1)CCC1CCCO1. The molecule has 1 N–H and O–H groups in total. The molecule has 0 aliphatic carbocycles. The highest BCUT2D eigenvalue weighted by Gasteiger charge is 2.17. The van der Waals surface area contributed by atoms with Crippen molar-refractivity contribution < 1.29 is 4.74 Å². The third kappa shape index (κ3) is 5.25. The van der Waals surface area contributed by atoms with E-state index < -0.39 is 0 Å². The molecule has 114 valence electrons. The van der Waals surface area contributed by atoms with Crippen molar-refractivity contribution >= 4 is 0 Å². The quantitative estimate of drug-likeness (QED) is 0.755. The molecular formula is C16H29N3O. The van der Waals surface area contributed by atoms with Gasteiger partial charge in [0, 0.05) is 25.9 Å². The van der Waals surface area contributed by atoms with Crippen molar-refractivity contribution in [2.75, 3.05) is 13.2 Å². The summed E-state index contributed by atoms with van der Waals surface area (Å²) in [4.78, 5) is 0. The Morgan fingerprint density at radius 1 is 1.50 bits per heavy atom. The summed E-state index contributed by atoms with van der Waals surface area (Å²) in [6, 6.07) is 0.611. The highest BCUT2D eigenvalue weighted by Crippen LogP contribution is 2.19. The van der Waals surface area contributed by atoms with E-state index in [-0.39, 0.29) is 0 Å². The maximum absolute atomic E-state index is 5.73. The van der Waals surface area contributed by atoms with E-state index in [9.17, 15) is 0 Å². The average Bonchev–Trinajstić information content (AvgIpc) is 3.09. The number of hydrogen-bond acceptors (Lipinski definition) is 3. The zero-order chi connectivity index (χ0) is 14.2. The van der Waals surface area contributed by atoms with E-state index in [2.05, 4.69) is 23.5 Å². The third-order valence-corrected chi connectivity index (χ3v) is 4.08. The van der Waals surface area contributed by atoms with Crippen molar-refractivity contribution in [3.05, 3.63) is 18.0 Å². The number of nitrogens with one attached hydrogen (secondary N) is 1. The Labute approximate surface area is 122 Å². The van der Waals surface area contributed by atoms with Crippen LogP contribution in [0.4, 0.5) is 0 Å². The second-order valence-electron chi connectivity index (χ2n) is 5.92. The van der Waals surface area contributed by atoms with Gasteiger partial charge in [-0.15, -0.1) is 0 Å². The smallest absolute Gasteiger partial charge is 0.0576 e. The molecule has 4 heteroatoms. The van der Waals surface area contributed by atoms with E-state index in [1.54, 1.807) is 0 Å². The summed E-state index contributed by atoms with van der Waals surface area (Å²) in [6.45, 7) is 4.31. The molecule has 0 spiro atoms. The molecule has 20 heavy (non-hydrogen) atoms. The lowest BCUT2D eigenvalue weighted by atomic mass is 10.0. The Bertz CT molecular complexity index is 372. The second kappa shape index (κ2) is 8.42. The first-order valence-corrected chi connectivity index (χ1v) is 8.10. The van der Waals surface area contributed by atoms with Crippen molar-refractivity contribution in [1.82, 2.24) is 15.1 Å². The topological polar surface area (TPSA) is 39.1 Å². The number of nitrogens with zero attached hydrogens (tertiary/aromatic N) is 2.